The van der Waals surface area contributed by atoms with Crippen molar-refractivity contribution < 1.29 is 9.90 Å². The van der Waals surface area contributed by atoms with Gasteiger partial charge in [0.15, 0.2) is 0 Å². The largest absolute Gasteiger partial charge is 0.480 e. The average Bonchev–Trinajstić information content (AvgIpc) is 2.88. The van der Waals surface area contributed by atoms with Gasteiger partial charge in [0.05, 0.1) is 11.8 Å². The summed E-state index contributed by atoms with van der Waals surface area (Å²) >= 11 is 0. The second kappa shape index (κ2) is 5.98. The van der Waals surface area contributed by atoms with E-state index in [4.69, 9.17) is 10.4 Å². The van der Waals surface area contributed by atoms with Crippen LogP contribution < -0.4 is 0 Å². The lowest BCUT2D eigenvalue weighted by molar-refractivity contribution is -0.137. The van der Waals surface area contributed by atoms with E-state index in [1.165, 1.54) is 0 Å². The first-order valence-electron chi connectivity index (χ1n) is 7.29. The van der Waals surface area contributed by atoms with E-state index < -0.39 is 5.97 Å². The van der Waals surface area contributed by atoms with Crippen molar-refractivity contribution in [3.63, 3.8) is 0 Å². The SMILES string of the molecule is N#CCC1CCCc2c1c(-c1cccnc1)nn2CC(=O)O. The van der Waals surface area contributed by atoms with Crippen LogP contribution in [0.3, 0.4) is 0 Å². The molecule has 2 aromatic heterocycles. The third kappa shape index (κ3) is 2.58. The molecule has 1 unspecified atom stereocenters. The molecule has 0 saturated carbocycles. The summed E-state index contributed by atoms with van der Waals surface area (Å²) in [5, 5.41) is 22.7. The van der Waals surface area contributed by atoms with Crippen LogP contribution in [0.1, 0.15) is 36.4 Å². The summed E-state index contributed by atoms with van der Waals surface area (Å²) in [6, 6.07) is 5.99. The number of carboxylic acids is 1. The number of hydrogen-bond donors (Lipinski definition) is 1. The van der Waals surface area contributed by atoms with Crippen molar-refractivity contribution in [3.8, 4) is 17.3 Å². The van der Waals surface area contributed by atoms with E-state index in [0.717, 1.165) is 41.8 Å². The molecule has 6 nitrogen and oxygen atoms in total. The number of carboxylic acid groups (broad SMARTS) is 1. The van der Waals surface area contributed by atoms with Crippen molar-refractivity contribution in [2.75, 3.05) is 0 Å². The molecule has 0 saturated heterocycles. The van der Waals surface area contributed by atoms with Gasteiger partial charge in [-0.15, -0.1) is 0 Å². The first kappa shape index (κ1) is 14.3. The molecule has 0 radical (unpaired) electrons. The van der Waals surface area contributed by atoms with Crippen LogP contribution in [-0.2, 0) is 17.8 Å². The van der Waals surface area contributed by atoms with Gasteiger partial charge < -0.3 is 5.11 Å². The molecule has 1 N–H and O–H groups in total. The number of fused-ring (bicyclic) bond motifs is 1. The quantitative estimate of drug-likeness (QED) is 0.935. The first-order chi connectivity index (χ1) is 10.7. The lowest BCUT2D eigenvalue weighted by Crippen LogP contribution is -2.16. The fourth-order valence-electron chi connectivity index (χ4n) is 3.15. The maximum atomic E-state index is 11.1. The van der Waals surface area contributed by atoms with Gasteiger partial charge in [-0.2, -0.15) is 10.4 Å². The smallest absolute Gasteiger partial charge is 0.325 e. The number of hydrogen-bond acceptors (Lipinski definition) is 4. The van der Waals surface area contributed by atoms with Crippen LogP contribution in [0.2, 0.25) is 0 Å². The summed E-state index contributed by atoms with van der Waals surface area (Å²) in [6.45, 7) is -0.151. The van der Waals surface area contributed by atoms with E-state index >= 15 is 0 Å². The maximum Gasteiger partial charge on any atom is 0.325 e. The van der Waals surface area contributed by atoms with Gasteiger partial charge in [-0.05, 0) is 31.4 Å². The molecule has 0 bridgehead atoms. The van der Waals surface area contributed by atoms with E-state index in [-0.39, 0.29) is 12.5 Å². The van der Waals surface area contributed by atoms with E-state index in [0.29, 0.717) is 6.42 Å². The fourth-order valence-corrected chi connectivity index (χ4v) is 3.15. The van der Waals surface area contributed by atoms with Crippen LogP contribution in [0.5, 0.6) is 0 Å². The lowest BCUT2D eigenvalue weighted by atomic mass is 9.82. The Balaban J connectivity index is 2.15. The Bertz CT molecular complexity index is 731. The third-order valence-electron chi connectivity index (χ3n) is 4.03. The van der Waals surface area contributed by atoms with Gasteiger partial charge in [0.2, 0.25) is 0 Å². The van der Waals surface area contributed by atoms with Crippen molar-refractivity contribution in [2.45, 2.75) is 38.1 Å². The summed E-state index contributed by atoms with van der Waals surface area (Å²) < 4.78 is 1.57. The Morgan fingerprint density at radius 3 is 3.09 bits per heavy atom. The van der Waals surface area contributed by atoms with Crippen molar-refractivity contribution in [1.29, 1.82) is 5.26 Å². The van der Waals surface area contributed by atoms with Crippen LogP contribution in [0.25, 0.3) is 11.3 Å². The summed E-state index contributed by atoms with van der Waals surface area (Å²) in [7, 11) is 0. The number of pyridine rings is 1. The second-order valence-electron chi connectivity index (χ2n) is 5.45. The first-order valence-corrected chi connectivity index (χ1v) is 7.29. The fraction of sp³-hybridized carbons (Fsp3) is 0.375. The minimum Gasteiger partial charge on any atom is -0.480 e. The molecule has 6 heteroatoms. The van der Waals surface area contributed by atoms with E-state index in [2.05, 4.69) is 16.2 Å². The van der Waals surface area contributed by atoms with Crippen molar-refractivity contribution in [3.05, 3.63) is 35.8 Å². The molecule has 1 aliphatic rings. The zero-order valence-corrected chi connectivity index (χ0v) is 12.1. The number of carbonyl (C=O) groups is 1. The zero-order chi connectivity index (χ0) is 15.5. The number of nitrogens with zero attached hydrogens (tertiary/aromatic N) is 4. The third-order valence-corrected chi connectivity index (χ3v) is 4.03. The Hall–Kier alpha value is -2.68. The van der Waals surface area contributed by atoms with Crippen LogP contribution in [-0.4, -0.2) is 25.8 Å². The molecule has 2 heterocycles. The van der Waals surface area contributed by atoms with Gasteiger partial charge in [0, 0.05) is 41.6 Å². The van der Waals surface area contributed by atoms with E-state index in [9.17, 15) is 4.79 Å². The molecule has 112 valence electrons. The van der Waals surface area contributed by atoms with Gasteiger partial charge in [0.1, 0.15) is 6.54 Å². The second-order valence-corrected chi connectivity index (χ2v) is 5.45. The minimum absolute atomic E-state index is 0.117. The number of aliphatic carboxylic acids is 1. The van der Waals surface area contributed by atoms with Crippen LogP contribution in [0, 0.1) is 11.3 Å². The van der Waals surface area contributed by atoms with Crippen molar-refractivity contribution in [1.82, 2.24) is 14.8 Å². The molecule has 2 aromatic rings. The molecular formula is C16H16N4O2. The van der Waals surface area contributed by atoms with Gasteiger partial charge in [0.25, 0.3) is 0 Å². The highest BCUT2D eigenvalue weighted by Gasteiger charge is 2.29. The summed E-state index contributed by atoms with van der Waals surface area (Å²) in [6.07, 6.45) is 6.54. The lowest BCUT2D eigenvalue weighted by Gasteiger charge is -2.21. The van der Waals surface area contributed by atoms with Gasteiger partial charge in [-0.1, -0.05) is 0 Å². The molecule has 22 heavy (non-hydrogen) atoms. The number of aromatic nitrogens is 3. The average molecular weight is 296 g/mol. The van der Waals surface area contributed by atoms with Crippen LogP contribution in [0.4, 0.5) is 0 Å². The highest BCUT2D eigenvalue weighted by Crippen LogP contribution is 2.39. The molecule has 1 atom stereocenters. The van der Waals surface area contributed by atoms with E-state index in [1.807, 2.05) is 12.1 Å². The van der Waals surface area contributed by atoms with Gasteiger partial charge in [-0.25, -0.2) is 0 Å². The number of rotatable bonds is 4. The van der Waals surface area contributed by atoms with Crippen LogP contribution in [0.15, 0.2) is 24.5 Å². The Labute approximate surface area is 128 Å². The molecule has 0 aliphatic heterocycles. The van der Waals surface area contributed by atoms with Gasteiger partial charge >= 0.3 is 5.97 Å². The highest BCUT2D eigenvalue weighted by molar-refractivity contribution is 5.68. The molecule has 0 aromatic carbocycles. The Morgan fingerprint density at radius 1 is 1.55 bits per heavy atom. The Kier molecular flexibility index (Phi) is 3.88. The van der Waals surface area contributed by atoms with Crippen molar-refractivity contribution in [2.24, 2.45) is 0 Å². The minimum atomic E-state index is -0.912. The number of nitriles is 1. The standard InChI is InChI=1S/C16H16N4O2/c17-7-6-11-3-1-5-13-15(11)16(12-4-2-8-18-9-12)19-20(13)10-14(21)22/h2,4,8-9,11H,1,3,5-6,10H2,(H,21,22). The summed E-state index contributed by atoms with van der Waals surface area (Å²) in [5.74, 6) is -0.794. The predicted molar refractivity (Wildman–Crippen MR) is 79.0 cm³/mol. The molecule has 1 aliphatic carbocycles. The maximum absolute atomic E-state index is 11.1. The van der Waals surface area contributed by atoms with Crippen LogP contribution >= 0.6 is 0 Å². The van der Waals surface area contributed by atoms with Gasteiger partial charge in [-0.3, -0.25) is 14.5 Å². The zero-order valence-electron chi connectivity index (χ0n) is 12.1. The normalized spacial score (nSPS) is 16.8. The molecule has 0 spiro atoms. The topological polar surface area (TPSA) is 91.8 Å². The summed E-state index contributed by atoms with van der Waals surface area (Å²) in [4.78, 5) is 15.2. The Morgan fingerprint density at radius 2 is 2.41 bits per heavy atom. The molecule has 0 amide bonds. The molecular weight excluding hydrogens is 280 g/mol. The summed E-state index contributed by atoms with van der Waals surface area (Å²) in [5.41, 5.74) is 3.62. The molecule has 0 fully saturated rings. The van der Waals surface area contributed by atoms with E-state index in [1.54, 1.807) is 17.1 Å². The monoisotopic (exact) mass is 296 g/mol. The highest BCUT2D eigenvalue weighted by atomic mass is 16.4. The predicted octanol–water partition coefficient (Wildman–Crippen LogP) is 2.36. The molecule has 3 rings (SSSR count). The van der Waals surface area contributed by atoms with Crippen molar-refractivity contribution >= 4 is 5.97 Å².